The van der Waals surface area contributed by atoms with Crippen molar-refractivity contribution in [3.05, 3.63) is 29.6 Å². The third kappa shape index (κ3) is 3.63. The van der Waals surface area contributed by atoms with Gasteiger partial charge in [-0.15, -0.1) is 0 Å². The highest BCUT2D eigenvalue weighted by atomic mass is 14.9. The molecule has 2 heteroatoms. The Bertz CT molecular complexity index is 260. The maximum Gasteiger partial charge on any atom is 0.0372 e. The Kier molecular flexibility index (Phi) is 5.33. The molecule has 0 bridgehead atoms. The molecule has 1 aromatic rings. The van der Waals surface area contributed by atoms with Gasteiger partial charge >= 0.3 is 0 Å². The Balaban J connectivity index is 0.000000531. The number of rotatable bonds is 1. The molecule has 0 amide bonds. The van der Waals surface area contributed by atoms with Crippen LogP contribution in [0.15, 0.2) is 18.3 Å². The van der Waals surface area contributed by atoms with Crippen molar-refractivity contribution in [2.75, 3.05) is 13.1 Å². The van der Waals surface area contributed by atoms with Crippen LogP contribution in [0.3, 0.4) is 0 Å². The maximum absolute atomic E-state index is 4.33. The average molecular weight is 206 g/mol. The molecule has 1 aliphatic rings. The summed E-state index contributed by atoms with van der Waals surface area (Å²) < 4.78 is 0. The van der Waals surface area contributed by atoms with Crippen LogP contribution in [0.1, 0.15) is 43.9 Å². The molecular weight excluding hydrogens is 184 g/mol. The fourth-order valence-corrected chi connectivity index (χ4v) is 1.88. The first-order valence-electron chi connectivity index (χ1n) is 5.99. The first-order valence-corrected chi connectivity index (χ1v) is 5.99. The van der Waals surface area contributed by atoms with E-state index in [1.54, 1.807) is 0 Å². The molecule has 1 fully saturated rings. The summed E-state index contributed by atoms with van der Waals surface area (Å²) in [5.74, 6) is 0.731. The highest BCUT2D eigenvalue weighted by Gasteiger charge is 2.14. The normalized spacial score (nSPS) is 16.7. The van der Waals surface area contributed by atoms with Gasteiger partial charge in [0.05, 0.1) is 0 Å². The number of pyridine rings is 1. The number of aryl methyl sites for hydroxylation is 1. The first-order chi connectivity index (χ1) is 7.36. The number of nitrogens with zero attached hydrogens (tertiary/aromatic N) is 1. The number of hydrogen-bond donors (Lipinski definition) is 1. The van der Waals surface area contributed by atoms with Crippen molar-refractivity contribution in [3.63, 3.8) is 0 Å². The Morgan fingerprint density at radius 1 is 1.20 bits per heavy atom. The highest BCUT2D eigenvalue weighted by Crippen LogP contribution is 2.24. The second-order valence-electron chi connectivity index (χ2n) is 3.76. The molecule has 1 N–H and O–H groups in total. The van der Waals surface area contributed by atoms with Gasteiger partial charge in [-0.1, -0.05) is 19.9 Å². The Hall–Kier alpha value is -0.890. The van der Waals surface area contributed by atoms with E-state index in [1.807, 2.05) is 27.0 Å². The Labute approximate surface area is 93.1 Å². The third-order valence-electron chi connectivity index (χ3n) is 2.74. The number of nitrogens with one attached hydrogen (secondary N) is 1. The van der Waals surface area contributed by atoms with Crippen LogP contribution in [-0.2, 0) is 0 Å². The molecule has 0 atom stereocenters. The summed E-state index contributed by atoms with van der Waals surface area (Å²) in [6.07, 6.45) is 4.54. The minimum atomic E-state index is 0.731. The summed E-state index contributed by atoms with van der Waals surface area (Å²) >= 11 is 0. The fraction of sp³-hybridized carbons (Fsp3) is 0.615. The van der Waals surface area contributed by atoms with Gasteiger partial charge in [0, 0.05) is 11.9 Å². The summed E-state index contributed by atoms with van der Waals surface area (Å²) in [4.78, 5) is 4.33. The van der Waals surface area contributed by atoms with Crippen molar-refractivity contribution in [3.8, 4) is 0 Å². The van der Waals surface area contributed by atoms with Gasteiger partial charge in [-0.2, -0.15) is 0 Å². The van der Waals surface area contributed by atoms with Crippen molar-refractivity contribution in [1.29, 1.82) is 0 Å². The van der Waals surface area contributed by atoms with Crippen molar-refractivity contribution in [2.45, 2.75) is 39.5 Å². The van der Waals surface area contributed by atoms with Crippen molar-refractivity contribution in [2.24, 2.45) is 0 Å². The lowest BCUT2D eigenvalue weighted by molar-refractivity contribution is 0.459. The topological polar surface area (TPSA) is 24.9 Å². The van der Waals surface area contributed by atoms with E-state index in [4.69, 9.17) is 0 Å². The summed E-state index contributed by atoms with van der Waals surface area (Å²) in [6, 6.07) is 4.33. The predicted molar refractivity (Wildman–Crippen MR) is 65.2 cm³/mol. The van der Waals surface area contributed by atoms with Crippen molar-refractivity contribution in [1.82, 2.24) is 10.3 Å². The molecule has 2 nitrogen and oxygen atoms in total. The van der Waals surface area contributed by atoms with Crippen molar-refractivity contribution < 1.29 is 0 Å². The second kappa shape index (κ2) is 6.57. The van der Waals surface area contributed by atoms with E-state index >= 15 is 0 Å². The molecule has 1 aliphatic heterocycles. The maximum atomic E-state index is 4.33. The van der Waals surface area contributed by atoms with E-state index < -0.39 is 0 Å². The monoisotopic (exact) mass is 206 g/mol. The quantitative estimate of drug-likeness (QED) is 0.764. The van der Waals surface area contributed by atoms with Crippen LogP contribution in [0.5, 0.6) is 0 Å². The smallest absolute Gasteiger partial charge is 0.0372 e. The van der Waals surface area contributed by atoms with E-state index in [9.17, 15) is 0 Å². The van der Waals surface area contributed by atoms with Gasteiger partial charge in [-0.25, -0.2) is 0 Å². The molecule has 84 valence electrons. The molecular formula is C13H22N2. The van der Waals surface area contributed by atoms with E-state index in [0.29, 0.717) is 0 Å². The van der Waals surface area contributed by atoms with E-state index in [1.165, 1.54) is 18.4 Å². The summed E-state index contributed by atoms with van der Waals surface area (Å²) in [5, 5.41) is 3.38. The van der Waals surface area contributed by atoms with E-state index in [-0.39, 0.29) is 0 Å². The van der Waals surface area contributed by atoms with Crippen LogP contribution >= 0.6 is 0 Å². The lowest BCUT2D eigenvalue weighted by Crippen LogP contribution is -2.26. The van der Waals surface area contributed by atoms with Gasteiger partial charge in [0.15, 0.2) is 0 Å². The zero-order valence-electron chi connectivity index (χ0n) is 10.1. The van der Waals surface area contributed by atoms with Crippen LogP contribution in [-0.4, -0.2) is 18.1 Å². The summed E-state index contributed by atoms with van der Waals surface area (Å²) in [6.45, 7) is 8.34. The Morgan fingerprint density at radius 2 is 1.87 bits per heavy atom. The first kappa shape index (κ1) is 12.2. The molecule has 2 rings (SSSR count). The molecule has 15 heavy (non-hydrogen) atoms. The van der Waals surface area contributed by atoms with E-state index in [0.717, 1.165) is 24.7 Å². The van der Waals surface area contributed by atoms with Crippen LogP contribution in [0.4, 0.5) is 0 Å². The molecule has 0 saturated carbocycles. The predicted octanol–water partition coefficient (Wildman–Crippen LogP) is 2.88. The SMILES string of the molecule is CC.Cc1ccc(C2CCNCC2)cn1. The highest BCUT2D eigenvalue weighted by molar-refractivity contribution is 5.18. The van der Waals surface area contributed by atoms with Gasteiger partial charge in [-0.05, 0) is 50.4 Å². The zero-order chi connectivity index (χ0) is 11.1. The minimum absolute atomic E-state index is 0.731. The second-order valence-corrected chi connectivity index (χ2v) is 3.76. The van der Waals surface area contributed by atoms with Gasteiger partial charge in [0.1, 0.15) is 0 Å². The summed E-state index contributed by atoms with van der Waals surface area (Å²) in [5.41, 5.74) is 2.52. The summed E-state index contributed by atoms with van der Waals surface area (Å²) in [7, 11) is 0. The molecule has 1 saturated heterocycles. The number of aromatic nitrogens is 1. The molecule has 0 unspecified atom stereocenters. The largest absolute Gasteiger partial charge is 0.317 e. The third-order valence-corrected chi connectivity index (χ3v) is 2.74. The zero-order valence-corrected chi connectivity index (χ0v) is 10.1. The van der Waals surface area contributed by atoms with E-state index in [2.05, 4.69) is 22.4 Å². The molecule has 0 spiro atoms. The molecule has 0 radical (unpaired) electrons. The van der Waals surface area contributed by atoms with Gasteiger partial charge in [-0.3, -0.25) is 4.98 Å². The van der Waals surface area contributed by atoms with Gasteiger partial charge in [0.2, 0.25) is 0 Å². The minimum Gasteiger partial charge on any atom is -0.317 e. The number of piperidine rings is 1. The number of hydrogen-bond acceptors (Lipinski definition) is 2. The molecule has 0 aliphatic carbocycles. The van der Waals surface area contributed by atoms with Crippen LogP contribution in [0, 0.1) is 6.92 Å². The van der Waals surface area contributed by atoms with Gasteiger partial charge < -0.3 is 5.32 Å². The standard InChI is InChI=1S/C11H16N2.C2H6/c1-9-2-3-11(8-13-9)10-4-6-12-7-5-10;1-2/h2-3,8,10,12H,4-7H2,1H3;1-2H3. The van der Waals surface area contributed by atoms with Gasteiger partial charge in [0.25, 0.3) is 0 Å². The molecule has 2 heterocycles. The average Bonchev–Trinajstić information content (AvgIpc) is 2.34. The Morgan fingerprint density at radius 3 is 2.40 bits per heavy atom. The van der Waals surface area contributed by atoms with Crippen LogP contribution in [0.2, 0.25) is 0 Å². The molecule has 1 aromatic heterocycles. The molecule has 0 aromatic carbocycles. The van der Waals surface area contributed by atoms with Crippen LogP contribution < -0.4 is 5.32 Å². The fourth-order valence-electron chi connectivity index (χ4n) is 1.88. The lowest BCUT2D eigenvalue weighted by Gasteiger charge is -2.22. The van der Waals surface area contributed by atoms with Crippen molar-refractivity contribution >= 4 is 0 Å². The lowest BCUT2D eigenvalue weighted by atomic mass is 9.91. The van der Waals surface area contributed by atoms with Crippen LogP contribution in [0.25, 0.3) is 0 Å².